The maximum atomic E-state index is 10.4. The van der Waals surface area contributed by atoms with E-state index >= 15 is 0 Å². The number of hydrogen-bond acceptors (Lipinski definition) is 3. The molecular weight excluding hydrogens is 307 g/mol. The zero-order chi connectivity index (χ0) is 10.6. The number of halogens is 1. The molecule has 4 fully saturated rings. The SMILES string of the molecule is CC12O[C@@H]3[C@@H](I)[C@H]4C[C@@H]3[C@@H]1[C@@H]4[C@](C)(O)O2. The number of hydrogen-bond donors (Lipinski definition) is 1. The Labute approximate surface area is 103 Å². The summed E-state index contributed by atoms with van der Waals surface area (Å²) in [4.78, 5) is 0. The van der Waals surface area contributed by atoms with Gasteiger partial charge in [-0.15, -0.1) is 0 Å². The summed E-state index contributed by atoms with van der Waals surface area (Å²) in [6, 6.07) is 0. The van der Waals surface area contributed by atoms with E-state index in [4.69, 9.17) is 9.47 Å². The van der Waals surface area contributed by atoms with Crippen molar-refractivity contribution in [2.45, 2.75) is 41.9 Å². The van der Waals surface area contributed by atoms with Crippen LogP contribution in [-0.4, -0.2) is 26.7 Å². The second-order valence-electron chi connectivity index (χ2n) is 5.81. The van der Waals surface area contributed by atoms with Gasteiger partial charge in [-0.1, -0.05) is 22.6 Å². The summed E-state index contributed by atoms with van der Waals surface area (Å²) in [6.45, 7) is 3.82. The average Bonchev–Trinajstić information content (AvgIpc) is 2.70. The fraction of sp³-hybridized carbons (Fsp3) is 1.00. The van der Waals surface area contributed by atoms with Crippen molar-refractivity contribution in [3.63, 3.8) is 0 Å². The van der Waals surface area contributed by atoms with Gasteiger partial charge >= 0.3 is 0 Å². The molecule has 0 radical (unpaired) electrons. The van der Waals surface area contributed by atoms with Crippen LogP contribution in [0.1, 0.15) is 20.3 Å². The summed E-state index contributed by atoms with van der Waals surface area (Å²) < 4.78 is 12.4. The molecule has 2 aliphatic carbocycles. The van der Waals surface area contributed by atoms with Gasteiger partial charge < -0.3 is 14.6 Å². The first-order valence-corrected chi connectivity index (χ1v) is 6.93. The van der Waals surface area contributed by atoms with E-state index in [1.54, 1.807) is 0 Å². The van der Waals surface area contributed by atoms with E-state index in [2.05, 4.69) is 22.6 Å². The summed E-state index contributed by atoms with van der Waals surface area (Å²) in [5.41, 5.74) is 0. The van der Waals surface area contributed by atoms with Gasteiger partial charge in [0.15, 0.2) is 11.6 Å². The highest BCUT2D eigenvalue weighted by Gasteiger charge is 2.77. The minimum absolute atomic E-state index is 0.285. The molecule has 0 spiro atoms. The fourth-order valence-corrected chi connectivity index (χ4v) is 6.22. The predicted octanol–water partition coefficient (Wildman–Crippen LogP) is 1.53. The van der Waals surface area contributed by atoms with Gasteiger partial charge in [-0.05, 0) is 32.1 Å². The quantitative estimate of drug-likeness (QED) is 0.543. The van der Waals surface area contributed by atoms with Gasteiger partial charge in [-0.25, -0.2) is 0 Å². The molecule has 1 N–H and O–H groups in total. The van der Waals surface area contributed by atoms with E-state index in [0.29, 0.717) is 27.8 Å². The second-order valence-corrected chi connectivity index (χ2v) is 7.25. The molecule has 2 saturated heterocycles. The van der Waals surface area contributed by atoms with Crippen LogP contribution in [0.2, 0.25) is 0 Å². The lowest BCUT2D eigenvalue weighted by molar-refractivity contribution is -0.307. The summed E-state index contributed by atoms with van der Waals surface area (Å²) in [6.07, 6.45) is 1.60. The first kappa shape index (κ1) is 9.62. The van der Waals surface area contributed by atoms with Crippen LogP contribution in [0, 0.1) is 23.7 Å². The Balaban J connectivity index is 1.90. The van der Waals surface area contributed by atoms with Crippen molar-refractivity contribution in [2.24, 2.45) is 23.7 Å². The molecule has 4 rings (SSSR count). The van der Waals surface area contributed by atoms with Crippen LogP contribution in [0.3, 0.4) is 0 Å². The van der Waals surface area contributed by atoms with Crippen LogP contribution in [-0.2, 0) is 9.47 Å². The summed E-state index contributed by atoms with van der Waals surface area (Å²) in [5.74, 6) is 0.429. The van der Waals surface area contributed by atoms with E-state index in [1.165, 1.54) is 6.42 Å². The van der Waals surface area contributed by atoms with E-state index in [-0.39, 0.29) is 5.92 Å². The van der Waals surface area contributed by atoms with Gasteiger partial charge in [0.25, 0.3) is 0 Å². The molecule has 0 aromatic carbocycles. The van der Waals surface area contributed by atoms with Crippen molar-refractivity contribution in [3.05, 3.63) is 0 Å². The molecule has 1 unspecified atom stereocenters. The molecule has 15 heavy (non-hydrogen) atoms. The Morgan fingerprint density at radius 3 is 2.73 bits per heavy atom. The minimum Gasteiger partial charge on any atom is -0.365 e. The Morgan fingerprint density at radius 2 is 2.00 bits per heavy atom. The van der Waals surface area contributed by atoms with Crippen molar-refractivity contribution in [2.75, 3.05) is 0 Å². The molecule has 0 aromatic rings. The van der Waals surface area contributed by atoms with Gasteiger partial charge in [0.2, 0.25) is 0 Å². The van der Waals surface area contributed by atoms with Crippen LogP contribution >= 0.6 is 22.6 Å². The lowest BCUT2D eigenvalue weighted by Gasteiger charge is -2.35. The highest BCUT2D eigenvalue weighted by molar-refractivity contribution is 14.1. The topological polar surface area (TPSA) is 38.7 Å². The van der Waals surface area contributed by atoms with Gasteiger partial charge in [0, 0.05) is 15.8 Å². The third-order valence-electron chi connectivity index (χ3n) is 5.00. The molecule has 8 atom stereocenters. The minimum atomic E-state index is -0.979. The van der Waals surface area contributed by atoms with Crippen LogP contribution in [0.25, 0.3) is 0 Å². The van der Waals surface area contributed by atoms with Gasteiger partial charge in [-0.3, -0.25) is 0 Å². The lowest BCUT2D eigenvalue weighted by Crippen LogP contribution is -2.44. The number of ether oxygens (including phenoxy) is 2. The molecule has 2 heterocycles. The average molecular weight is 322 g/mol. The molecule has 2 saturated carbocycles. The van der Waals surface area contributed by atoms with Gasteiger partial charge in [0.05, 0.1) is 6.10 Å². The molecule has 3 nitrogen and oxygen atoms in total. The molecule has 0 aromatic heterocycles. The third-order valence-corrected chi connectivity index (χ3v) is 6.63. The summed E-state index contributed by atoms with van der Waals surface area (Å²) in [7, 11) is 0. The van der Waals surface area contributed by atoms with Crippen LogP contribution in [0.5, 0.6) is 0 Å². The standard InChI is InChI=1S/C11H15IO3/c1-10(13)6-4-3-5-7(6)11(2,15-10)14-9(5)8(4)12/h4-9,13H,3H2,1-2H3/t4-,5+,6+,7+,8-,9-,10+,11?/m0/s1. The molecular formula is C11H15IO3. The first-order valence-electron chi connectivity index (χ1n) is 5.68. The van der Waals surface area contributed by atoms with E-state index < -0.39 is 11.6 Å². The fourth-order valence-electron chi connectivity index (χ4n) is 4.80. The first-order chi connectivity index (χ1) is 6.94. The largest absolute Gasteiger partial charge is 0.365 e. The third kappa shape index (κ3) is 0.872. The normalized spacial score (nSPS) is 74.4. The molecule has 2 aliphatic heterocycles. The molecule has 4 heteroatoms. The Morgan fingerprint density at radius 1 is 1.27 bits per heavy atom. The van der Waals surface area contributed by atoms with Crippen LogP contribution < -0.4 is 0 Å². The molecule has 4 aliphatic rings. The molecule has 84 valence electrons. The second kappa shape index (κ2) is 2.40. The number of aliphatic hydroxyl groups is 1. The van der Waals surface area contributed by atoms with Crippen LogP contribution in [0.4, 0.5) is 0 Å². The Bertz CT molecular complexity index is 345. The van der Waals surface area contributed by atoms with E-state index in [9.17, 15) is 5.11 Å². The smallest absolute Gasteiger partial charge is 0.172 e. The van der Waals surface area contributed by atoms with Crippen molar-refractivity contribution in [1.82, 2.24) is 0 Å². The number of alkyl halides is 1. The highest BCUT2D eigenvalue weighted by Crippen LogP contribution is 2.71. The Hall–Kier alpha value is 0.610. The summed E-state index contributed by atoms with van der Waals surface area (Å²) in [5, 5.41) is 10.4. The monoisotopic (exact) mass is 322 g/mol. The van der Waals surface area contributed by atoms with Crippen molar-refractivity contribution in [1.29, 1.82) is 0 Å². The molecule has 0 amide bonds. The van der Waals surface area contributed by atoms with Gasteiger partial charge in [-0.2, -0.15) is 0 Å². The van der Waals surface area contributed by atoms with E-state index in [0.717, 1.165) is 0 Å². The zero-order valence-electron chi connectivity index (χ0n) is 8.81. The summed E-state index contributed by atoms with van der Waals surface area (Å²) >= 11 is 2.50. The maximum Gasteiger partial charge on any atom is 0.172 e. The van der Waals surface area contributed by atoms with Gasteiger partial charge in [0.1, 0.15) is 0 Å². The van der Waals surface area contributed by atoms with Crippen LogP contribution in [0.15, 0.2) is 0 Å². The highest BCUT2D eigenvalue weighted by atomic mass is 127. The molecule has 2 bridgehead atoms. The number of fused-ring (bicyclic) bond motifs is 2. The number of rotatable bonds is 0. The van der Waals surface area contributed by atoms with Crippen molar-refractivity contribution in [3.8, 4) is 0 Å². The Kier molecular flexibility index (Phi) is 1.54. The maximum absolute atomic E-state index is 10.4. The zero-order valence-corrected chi connectivity index (χ0v) is 11.0. The lowest BCUT2D eigenvalue weighted by atomic mass is 9.75. The van der Waals surface area contributed by atoms with E-state index in [1.807, 2.05) is 13.8 Å². The van der Waals surface area contributed by atoms with Crippen molar-refractivity contribution < 1.29 is 14.6 Å². The predicted molar refractivity (Wildman–Crippen MR) is 61.4 cm³/mol. The van der Waals surface area contributed by atoms with Crippen molar-refractivity contribution >= 4 is 22.6 Å².